The Morgan fingerprint density at radius 1 is 0.746 bits per heavy atom. The quantitative estimate of drug-likeness (QED) is 0.0288. The molecule has 0 saturated heterocycles. The summed E-state index contributed by atoms with van der Waals surface area (Å²) in [4.78, 5) is 67.6. The molecule has 0 aromatic heterocycles. The first kappa shape index (κ1) is 52.1. The number of amides is 3. The number of likely N-dealkylation sites (N-methyl/N-ethyl adjacent to an activating group) is 1. The van der Waals surface area contributed by atoms with E-state index in [1.807, 2.05) is 36.4 Å². The van der Waals surface area contributed by atoms with Gasteiger partial charge in [-0.2, -0.15) is 0 Å². The van der Waals surface area contributed by atoms with Crippen molar-refractivity contribution in [3.05, 3.63) is 119 Å². The molecule has 0 heterocycles. The average Bonchev–Trinajstić information content (AvgIpc) is 3.36. The van der Waals surface area contributed by atoms with Crippen molar-refractivity contribution in [1.82, 2.24) is 10.2 Å². The topological polar surface area (TPSA) is 268 Å². The molecule has 0 bridgehead atoms. The predicted octanol–water partition coefficient (Wildman–Crippen LogP) is 3.80. The first-order valence-corrected chi connectivity index (χ1v) is 25.8. The Balaban J connectivity index is 0.968. The van der Waals surface area contributed by atoms with Crippen LogP contribution in [0.2, 0.25) is 0 Å². The van der Waals surface area contributed by atoms with E-state index in [1.54, 1.807) is 28.3 Å². The van der Waals surface area contributed by atoms with Crippen molar-refractivity contribution in [2.75, 3.05) is 53.4 Å². The second-order valence-electron chi connectivity index (χ2n) is 18.7. The summed E-state index contributed by atoms with van der Waals surface area (Å²) < 4.78 is 16.5. The minimum atomic E-state index is -3.06. The molecule has 3 aliphatic carbocycles. The van der Waals surface area contributed by atoms with Crippen LogP contribution in [0.4, 0.5) is 5.69 Å². The van der Waals surface area contributed by atoms with E-state index in [1.165, 1.54) is 47.0 Å². The number of carbonyl (C=O) groups excluding carboxylic acids is 5. The normalized spacial score (nSPS) is 22.0. The summed E-state index contributed by atoms with van der Waals surface area (Å²) in [6.45, 7) is 1.16. The Morgan fingerprint density at radius 2 is 1.25 bits per heavy atom. The van der Waals surface area contributed by atoms with Gasteiger partial charge in [0.2, 0.25) is 5.78 Å². The van der Waals surface area contributed by atoms with E-state index >= 15 is 0 Å². The number of Topliss-reactive ketones (excluding diaryl/α,β-unsaturated/α-hetero) is 2. The number of aliphatic hydroxyl groups is 4. The number of phenols is 1. The number of primary amides is 1. The summed E-state index contributed by atoms with van der Waals surface area (Å²) in [5, 5.41) is 66.8. The van der Waals surface area contributed by atoms with Gasteiger partial charge in [0.05, 0.1) is 29.3 Å². The number of hydrogen-bond acceptors (Lipinski definition) is 14. The van der Waals surface area contributed by atoms with Crippen molar-refractivity contribution in [2.45, 2.75) is 69.1 Å². The fourth-order valence-electron chi connectivity index (χ4n) is 11.0. The van der Waals surface area contributed by atoms with E-state index < -0.39 is 101 Å². The number of aromatic hydroxyl groups is 1. The van der Waals surface area contributed by atoms with Gasteiger partial charge >= 0.3 is 232 Å². The van der Waals surface area contributed by atoms with Gasteiger partial charge in [0.25, 0.3) is 5.91 Å². The van der Waals surface area contributed by atoms with Gasteiger partial charge in [-0.05, 0) is 31.6 Å². The van der Waals surface area contributed by atoms with Crippen molar-refractivity contribution in [1.29, 1.82) is 0 Å². The number of nitrogens with two attached hydrogens (primary N) is 1. The standard InChI is InChI=1S/C53H63N4O13P/c1-29-36-25-26-37(46(60)41(36)47(61)42-40(29)48(62)44-45(57(2)3)49(63)43(52(54)66)51(65)53(44,67)50(42)64)56-39(59)28-55-38(58)12-10-8-7-9-11-27-71(33-19-13-30(68-4)14-20-33,34-21-15-31(69-5)16-22-34)35-23-17-32(70-6)18-24-35/h13-26,29,40,44-45,48,60,62-64,67,71H,7-12,27-28H2,1-6H3,(H2,54,66)(H,55,58)(H,56,59)/t29-,40+,44+,45-,48-,53-/m0/s1. The summed E-state index contributed by atoms with van der Waals surface area (Å²) >= 11 is 0. The monoisotopic (exact) mass is 994 g/mol. The number of unbranched alkanes of at least 4 members (excludes halogenated alkanes) is 4. The Hall–Kier alpha value is -6.78. The Kier molecular flexibility index (Phi) is 15.6. The first-order chi connectivity index (χ1) is 33.9. The van der Waals surface area contributed by atoms with Crippen molar-refractivity contribution in [2.24, 2.45) is 17.6 Å². The van der Waals surface area contributed by atoms with E-state index in [2.05, 4.69) is 47.0 Å². The van der Waals surface area contributed by atoms with Gasteiger partial charge in [0.15, 0.2) is 17.1 Å². The number of aliphatic hydroxyl groups excluding tert-OH is 3. The molecule has 3 amide bonds. The van der Waals surface area contributed by atoms with Crippen molar-refractivity contribution < 1.29 is 63.7 Å². The molecule has 71 heavy (non-hydrogen) atoms. The number of ether oxygens (including phenoxy) is 3. The van der Waals surface area contributed by atoms with Crippen LogP contribution < -0.4 is 46.5 Å². The fraction of sp³-hybridized carbons (Fsp3) is 0.377. The minimum absolute atomic E-state index is 0.180. The van der Waals surface area contributed by atoms with Crippen LogP contribution in [0.15, 0.2) is 108 Å². The fourth-order valence-corrected chi connectivity index (χ4v) is 15.8. The van der Waals surface area contributed by atoms with Crippen LogP contribution in [-0.2, 0) is 19.2 Å². The molecule has 0 aliphatic heterocycles. The molecule has 3 aliphatic rings. The molecular weight excluding hydrogens is 932 g/mol. The molecule has 0 spiro atoms. The molecule has 7 rings (SSSR count). The van der Waals surface area contributed by atoms with Crippen molar-refractivity contribution >= 4 is 58.2 Å². The second kappa shape index (κ2) is 21.3. The molecule has 378 valence electrons. The average molecular weight is 995 g/mol. The Labute approximate surface area is 412 Å². The molecule has 9 N–H and O–H groups in total. The Bertz CT molecular complexity index is 2640. The van der Waals surface area contributed by atoms with E-state index in [0.717, 1.165) is 49.1 Å². The van der Waals surface area contributed by atoms with Gasteiger partial charge in [0, 0.05) is 11.5 Å². The zero-order chi connectivity index (χ0) is 51.5. The molecule has 4 aromatic rings. The molecule has 0 fully saturated rings. The number of benzene rings is 4. The van der Waals surface area contributed by atoms with Gasteiger partial charge in [-0.25, -0.2) is 0 Å². The SMILES string of the molecule is COc1ccc([PH](CCCCCCCC(=O)NCC(=O)Nc2ccc3c(c2O)C(=O)C2=C(O)[C@]4(O)C(=O)C(C(N)=O)=C(O)[C@@H](N(C)C)[C@@H]4[C@@H](O)[C@@H]2[C@H]3C)(c2ccc(OC)cc2)c2ccc(OC)cc2)cc1. The van der Waals surface area contributed by atoms with Gasteiger partial charge in [-0.3, -0.25) is 19.3 Å². The number of ketones is 2. The van der Waals surface area contributed by atoms with Crippen LogP contribution in [0.5, 0.6) is 23.0 Å². The summed E-state index contributed by atoms with van der Waals surface area (Å²) in [5.41, 5.74) is 0.454. The van der Waals surface area contributed by atoms with Crippen LogP contribution >= 0.6 is 7.26 Å². The van der Waals surface area contributed by atoms with E-state index in [9.17, 15) is 49.5 Å². The predicted molar refractivity (Wildman–Crippen MR) is 270 cm³/mol. The summed E-state index contributed by atoms with van der Waals surface area (Å²) in [7, 11) is 5.29. The van der Waals surface area contributed by atoms with Crippen LogP contribution in [-0.4, -0.2) is 126 Å². The second-order valence-corrected chi connectivity index (χ2v) is 22.7. The number of rotatable bonds is 19. The van der Waals surface area contributed by atoms with Crippen LogP contribution in [0.25, 0.3) is 0 Å². The number of carbonyl (C=O) groups is 5. The molecule has 0 saturated carbocycles. The first-order valence-electron chi connectivity index (χ1n) is 23.6. The molecule has 18 heteroatoms. The number of fused-ring (bicyclic) bond motifs is 3. The number of nitrogens with zero attached hydrogens (tertiary/aromatic N) is 1. The third kappa shape index (κ3) is 9.46. The number of anilines is 1. The number of nitrogens with one attached hydrogen (secondary N) is 2. The van der Waals surface area contributed by atoms with Gasteiger partial charge in [-0.15, -0.1) is 0 Å². The molecule has 0 unspecified atom stereocenters. The Morgan fingerprint density at radius 3 is 1.75 bits per heavy atom. The zero-order valence-electron chi connectivity index (χ0n) is 40.7. The van der Waals surface area contributed by atoms with Gasteiger partial charge < -0.3 is 31.3 Å². The molecule has 17 nitrogen and oxygen atoms in total. The third-order valence-electron chi connectivity index (χ3n) is 14.6. The summed E-state index contributed by atoms with van der Waals surface area (Å²) in [5.74, 6) is -9.02. The van der Waals surface area contributed by atoms with Gasteiger partial charge in [0.1, 0.15) is 17.1 Å². The maximum absolute atomic E-state index is 14.3. The van der Waals surface area contributed by atoms with E-state index in [0.29, 0.717) is 6.42 Å². The van der Waals surface area contributed by atoms with Gasteiger partial charge in [-0.1, -0.05) is 13.0 Å². The number of methoxy groups -OCH3 is 3. The number of phenolic OH excluding ortho intramolecular Hbond substituents is 1. The van der Waals surface area contributed by atoms with Crippen LogP contribution in [0.1, 0.15) is 67.3 Å². The van der Waals surface area contributed by atoms with E-state index in [4.69, 9.17) is 19.9 Å². The molecule has 4 aromatic carbocycles. The van der Waals surface area contributed by atoms with Crippen LogP contribution in [0, 0.1) is 11.8 Å². The zero-order valence-corrected chi connectivity index (χ0v) is 41.7. The molecule has 0 radical (unpaired) electrons. The van der Waals surface area contributed by atoms with Crippen LogP contribution in [0.3, 0.4) is 0 Å². The third-order valence-corrected chi connectivity index (χ3v) is 19.6. The summed E-state index contributed by atoms with van der Waals surface area (Å²) in [6, 6.07) is 26.4. The van der Waals surface area contributed by atoms with Crippen molar-refractivity contribution in [3.63, 3.8) is 0 Å². The maximum atomic E-state index is 14.3. The summed E-state index contributed by atoms with van der Waals surface area (Å²) in [6.07, 6.45) is 3.49. The molecule has 6 atom stereocenters. The number of hydrogen-bond donors (Lipinski definition) is 8. The van der Waals surface area contributed by atoms with Crippen molar-refractivity contribution in [3.8, 4) is 23.0 Å². The molecular formula is C53H63N4O13P. The van der Waals surface area contributed by atoms with E-state index in [-0.39, 0.29) is 29.1 Å².